The molecule has 0 saturated heterocycles. The van der Waals surface area contributed by atoms with Crippen LogP contribution < -0.4 is 10.0 Å². The molecule has 0 aliphatic carbocycles. The first-order chi connectivity index (χ1) is 10.8. The lowest BCUT2D eigenvalue weighted by Gasteiger charge is -2.18. The molecule has 0 aliphatic rings. The van der Waals surface area contributed by atoms with Gasteiger partial charge in [0.25, 0.3) is 5.91 Å². The molecule has 6 heteroatoms. The van der Waals surface area contributed by atoms with Crippen molar-refractivity contribution in [2.75, 3.05) is 11.0 Å². The molecule has 0 spiro atoms. The molecule has 2 aromatic rings. The summed E-state index contributed by atoms with van der Waals surface area (Å²) >= 11 is 0. The van der Waals surface area contributed by atoms with E-state index in [-0.39, 0.29) is 11.9 Å². The molecule has 2 rings (SSSR count). The third-order valence-electron chi connectivity index (χ3n) is 3.38. The molecule has 0 heterocycles. The molecule has 0 saturated carbocycles. The van der Waals surface area contributed by atoms with Gasteiger partial charge in [0.15, 0.2) is 0 Å². The minimum Gasteiger partial charge on any atom is -0.345 e. The molecule has 2 N–H and O–H groups in total. The van der Waals surface area contributed by atoms with Gasteiger partial charge >= 0.3 is 0 Å². The highest BCUT2D eigenvalue weighted by atomic mass is 32.2. The van der Waals surface area contributed by atoms with Crippen LogP contribution in [-0.2, 0) is 10.0 Å². The Balaban J connectivity index is 2.19. The maximum absolute atomic E-state index is 12.3. The van der Waals surface area contributed by atoms with Gasteiger partial charge in [0.05, 0.1) is 18.0 Å². The number of para-hydroxylation sites is 1. The average molecular weight is 332 g/mol. The number of anilines is 1. The molecular formula is C17H20N2O3S. The maximum atomic E-state index is 12.3. The molecule has 0 aliphatic heterocycles. The number of nitrogens with one attached hydrogen (secondary N) is 2. The fourth-order valence-corrected chi connectivity index (χ4v) is 2.82. The molecular weight excluding hydrogens is 312 g/mol. The lowest BCUT2D eigenvalue weighted by atomic mass is 10.1. The molecule has 0 bridgehead atoms. The predicted octanol–water partition coefficient (Wildman–Crippen LogP) is 2.86. The van der Waals surface area contributed by atoms with Gasteiger partial charge in [0.2, 0.25) is 10.0 Å². The van der Waals surface area contributed by atoms with Crippen molar-refractivity contribution in [1.82, 2.24) is 5.32 Å². The van der Waals surface area contributed by atoms with Gasteiger partial charge in [-0.25, -0.2) is 8.42 Å². The van der Waals surface area contributed by atoms with Gasteiger partial charge in [0, 0.05) is 5.56 Å². The van der Waals surface area contributed by atoms with Crippen LogP contribution in [0.4, 0.5) is 5.69 Å². The molecule has 0 radical (unpaired) electrons. The molecule has 1 amide bonds. The minimum absolute atomic E-state index is 0.202. The van der Waals surface area contributed by atoms with Gasteiger partial charge in [-0.05, 0) is 37.6 Å². The number of rotatable bonds is 5. The van der Waals surface area contributed by atoms with E-state index in [1.807, 2.05) is 26.0 Å². The summed E-state index contributed by atoms with van der Waals surface area (Å²) in [7, 11) is -3.38. The van der Waals surface area contributed by atoms with Crippen LogP contribution in [0.3, 0.4) is 0 Å². The number of carbonyl (C=O) groups is 1. The van der Waals surface area contributed by atoms with Crippen molar-refractivity contribution in [3.05, 3.63) is 65.2 Å². The topological polar surface area (TPSA) is 75.3 Å². The van der Waals surface area contributed by atoms with Crippen molar-refractivity contribution >= 4 is 21.6 Å². The lowest BCUT2D eigenvalue weighted by molar-refractivity contribution is 0.0940. The zero-order chi connectivity index (χ0) is 17.0. The summed E-state index contributed by atoms with van der Waals surface area (Å²) < 4.78 is 25.4. The van der Waals surface area contributed by atoms with Crippen LogP contribution in [0.1, 0.15) is 34.5 Å². The number of amides is 1. The fourth-order valence-electron chi connectivity index (χ4n) is 2.23. The molecule has 23 heavy (non-hydrogen) atoms. The zero-order valence-corrected chi connectivity index (χ0v) is 14.1. The number of benzene rings is 2. The third-order valence-corrected chi connectivity index (χ3v) is 3.97. The van der Waals surface area contributed by atoms with Gasteiger partial charge in [0.1, 0.15) is 0 Å². The van der Waals surface area contributed by atoms with E-state index in [1.165, 1.54) is 0 Å². The molecule has 5 nitrogen and oxygen atoms in total. The number of aryl methyl sites for hydroxylation is 1. The van der Waals surface area contributed by atoms with Gasteiger partial charge in [-0.2, -0.15) is 0 Å². The summed E-state index contributed by atoms with van der Waals surface area (Å²) in [6.07, 6.45) is 1.10. The minimum atomic E-state index is -3.38. The van der Waals surface area contributed by atoms with Crippen LogP contribution >= 0.6 is 0 Å². The summed E-state index contributed by atoms with van der Waals surface area (Å²) in [6, 6.07) is 13.9. The molecule has 0 fully saturated rings. The van der Waals surface area contributed by atoms with Crippen LogP contribution in [0.5, 0.6) is 0 Å². The van der Waals surface area contributed by atoms with Crippen LogP contribution in [0.15, 0.2) is 48.5 Å². The monoisotopic (exact) mass is 332 g/mol. The second-order valence-electron chi connectivity index (χ2n) is 5.52. The van der Waals surface area contributed by atoms with Gasteiger partial charge in [-0.15, -0.1) is 0 Å². The van der Waals surface area contributed by atoms with Crippen molar-refractivity contribution < 1.29 is 13.2 Å². The van der Waals surface area contributed by atoms with Gasteiger partial charge < -0.3 is 5.32 Å². The predicted molar refractivity (Wildman–Crippen MR) is 92.0 cm³/mol. The van der Waals surface area contributed by atoms with E-state index in [0.29, 0.717) is 16.8 Å². The first-order valence-corrected chi connectivity index (χ1v) is 9.09. The van der Waals surface area contributed by atoms with Crippen LogP contribution in [0.2, 0.25) is 0 Å². The summed E-state index contributed by atoms with van der Waals surface area (Å²) in [5.74, 6) is -0.202. The second kappa shape index (κ2) is 6.83. The Hall–Kier alpha value is -2.34. The van der Waals surface area contributed by atoms with E-state index in [4.69, 9.17) is 0 Å². The zero-order valence-electron chi connectivity index (χ0n) is 13.3. The van der Waals surface area contributed by atoms with E-state index in [9.17, 15) is 13.2 Å². The van der Waals surface area contributed by atoms with E-state index >= 15 is 0 Å². The Kier molecular flexibility index (Phi) is 5.05. The highest BCUT2D eigenvalue weighted by Gasteiger charge is 2.15. The highest BCUT2D eigenvalue weighted by molar-refractivity contribution is 7.92. The van der Waals surface area contributed by atoms with Gasteiger partial charge in [-0.1, -0.05) is 35.9 Å². The Morgan fingerprint density at radius 1 is 1.04 bits per heavy atom. The van der Waals surface area contributed by atoms with E-state index in [1.54, 1.807) is 36.4 Å². The standard InChI is InChI=1S/C17H20N2O3S/c1-12-8-10-14(11-9-12)17(20)18-13(2)15-6-4-5-7-16(15)19-23(3,21)22/h4-11,13,19H,1-3H3,(H,18,20)/t13-/m0/s1. The largest absolute Gasteiger partial charge is 0.345 e. The van der Waals surface area contributed by atoms with Crippen molar-refractivity contribution in [2.24, 2.45) is 0 Å². The summed E-state index contributed by atoms with van der Waals surface area (Å²) in [4.78, 5) is 12.3. The van der Waals surface area contributed by atoms with Crippen LogP contribution in [-0.4, -0.2) is 20.6 Å². The van der Waals surface area contributed by atoms with Crippen molar-refractivity contribution in [3.8, 4) is 0 Å². The third kappa shape index (κ3) is 4.82. The average Bonchev–Trinajstić information content (AvgIpc) is 2.46. The summed E-state index contributed by atoms with van der Waals surface area (Å²) in [5, 5.41) is 2.88. The van der Waals surface area contributed by atoms with Crippen LogP contribution in [0.25, 0.3) is 0 Å². The molecule has 0 aromatic heterocycles. The molecule has 1 atom stereocenters. The first-order valence-electron chi connectivity index (χ1n) is 7.20. The van der Waals surface area contributed by atoms with Crippen LogP contribution in [0, 0.1) is 6.92 Å². The lowest BCUT2D eigenvalue weighted by Crippen LogP contribution is -2.27. The van der Waals surface area contributed by atoms with E-state index < -0.39 is 10.0 Å². The van der Waals surface area contributed by atoms with E-state index in [2.05, 4.69) is 10.0 Å². The van der Waals surface area contributed by atoms with Gasteiger partial charge in [-0.3, -0.25) is 9.52 Å². The Labute approximate surface area is 136 Å². The van der Waals surface area contributed by atoms with Crippen molar-refractivity contribution in [1.29, 1.82) is 0 Å². The van der Waals surface area contributed by atoms with Crippen molar-refractivity contribution in [2.45, 2.75) is 19.9 Å². The Morgan fingerprint density at radius 3 is 2.26 bits per heavy atom. The van der Waals surface area contributed by atoms with Crippen molar-refractivity contribution in [3.63, 3.8) is 0 Å². The number of sulfonamides is 1. The second-order valence-corrected chi connectivity index (χ2v) is 7.27. The Morgan fingerprint density at radius 2 is 1.65 bits per heavy atom. The molecule has 2 aromatic carbocycles. The number of hydrogen-bond acceptors (Lipinski definition) is 3. The SMILES string of the molecule is Cc1ccc(C(=O)N[C@@H](C)c2ccccc2NS(C)(=O)=O)cc1. The van der Waals surface area contributed by atoms with E-state index in [0.717, 1.165) is 11.8 Å². The molecule has 0 unspecified atom stereocenters. The smallest absolute Gasteiger partial charge is 0.251 e. The highest BCUT2D eigenvalue weighted by Crippen LogP contribution is 2.23. The first kappa shape index (κ1) is 17.0. The number of carbonyl (C=O) groups excluding carboxylic acids is 1. The maximum Gasteiger partial charge on any atom is 0.251 e. The fraction of sp³-hybridized carbons (Fsp3) is 0.235. The summed E-state index contributed by atoms with van der Waals surface area (Å²) in [5.41, 5.74) is 2.82. The quantitative estimate of drug-likeness (QED) is 0.884. The normalized spacial score (nSPS) is 12.5. The Bertz CT molecular complexity index is 799. The number of hydrogen-bond donors (Lipinski definition) is 2. The molecule has 122 valence electrons. The summed E-state index contributed by atoms with van der Waals surface area (Å²) in [6.45, 7) is 3.77.